The molecule has 3 aromatic rings. The van der Waals surface area contributed by atoms with Gasteiger partial charge in [0.15, 0.2) is 0 Å². The Labute approximate surface area is 166 Å². The maximum absolute atomic E-state index is 6.19. The van der Waals surface area contributed by atoms with Gasteiger partial charge in [0, 0.05) is 19.7 Å². The number of aryl methyl sites for hydroxylation is 2. The van der Waals surface area contributed by atoms with Gasteiger partial charge in [-0.15, -0.1) is 0 Å². The molecule has 0 aliphatic carbocycles. The molecule has 0 saturated heterocycles. The Morgan fingerprint density at radius 2 is 1.61 bits per heavy atom. The Balaban J connectivity index is 1.90. The number of hydrogen-bond acceptors (Lipinski definition) is 3. The zero-order valence-corrected chi connectivity index (χ0v) is 16.8. The molecule has 0 radical (unpaired) electrons. The number of ether oxygens (including phenoxy) is 2. The molecule has 0 amide bonds. The molecule has 1 atom stereocenters. The van der Waals surface area contributed by atoms with Crippen LogP contribution in [0.3, 0.4) is 0 Å². The number of benzene rings is 3. The van der Waals surface area contributed by atoms with Gasteiger partial charge in [-0.2, -0.15) is 0 Å². The molecule has 0 spiro atoms. The van der Waals surface area contributed by atoms with Crippen LogP contribution in [-0.2, 0) is 4.74 Å². The molecule has 0 saturated carbocycles. The average Bonchev–Trinajstić information content (AvgIpc) is 2.71. The highest BCUT2D eigenvalue weighted by molar-refractivity contribution is 5.99. The van der Waals surface area contributed by atoms with Crippen molar-refractivity contribution in [2.75, 3.05) is 14.2 Å². The van der Waals surface area contributed by atoms with Crippen LogP contribution in [0.1, 0.15) is 33.9 Å². The van der Waals surface area contributed by atoms with E-state index in [4.69, 9.17) is 15.2 Å². The largest absolute Gasteiger partial charge is 0.457 e. The molecular formula is C24H26N2O2. The molecule has 144 valence electrons. The molecule has 0 heterocycles. The first-order valence-corrected chi connectivity index (χ1v) is 9.23. The fourth-order valence-electron chi connectivity index (χ4n) is 3.26. The minimum absolute atomic E-state index is 0.143. The first kappa shape index (κ1) is 19.6. The van der Waals surface area contributed by atoms with Gasteiger partial charge >= 0.3 is 0 Å². The lowest BCUT2D eigenvalue weighted by Gasteiger charge is -2.18. The Hall–Kier alpha value is -3.11. The molecule has 3 rings (SSSR count). The molecule has 0 fully saturated rings. The molecule has 1 unspecified atom stereocenters. The zero-order chi connectivity index (χ0) is 20.1. The van der Waals surface area contributed by atoms with Gasteiger partial charge in [-0.05, 0) is 60.4 Å². The van der Waals surface area contributed by atoms with E-state index in [-0.39, 0.29) is 6.10 Å². The van der Waals surface area contributed by atoms with Crippen molar-refractivity contribution in [2.45, 2.75) is 20.0 Å². The van der Waals surface area contributed by atoms with E-state index in [0.717, 1.165) is 39.3 Å². The normalized spacial score (nSPS) is 12.6. The Bertz CT molecular complexity index is 981. The molecule has 0 bridgehead atoms. The number of amidine groups is 1. The topological polar surface area (TPSA) is 56.8 Å². The quantitative estimate of drug-likeness (QED) is 0.478. The molecule has 4 heteroatoms. The minimum atomic E-state index is -0.143. The van der Waals surface area contributed by atoms with E-state index in [0.29, 0.717) is 5.84 Å². The van der Waals surface area contributed by atoms with Crippen LogP contribution >= 0.6 is 0 Å². The lowest BCUT2D eigenvalue weighted by Crippen LogP contribution is -2.14. The van der Waals surface area contributed by atoms with Crippen molar-refractivity contribution in [1.82, 2.24) is 0 Å². The summed E-state index contributed by atoms with van der Waals surface area (Å²) < 4.78 is 11.9. The number of nitrogens with zero attached hydrogens (tertiary/aromatic N) is 1. The zero-order valence-electron chi connectivity index (χ0n) is 16.8. The predicted molar refractivity (Wildman–Crippen MR) is 114 cm³/mol. The molecule has 3 aromatic carbocycles. The third-order valence-corrected chi connectivity index (χ3v) is 4.77. The van der Waals surface area contributed by atoms with E-state index in [1.54, 1.807) is 14.2 Å². The Kier molecular flexibility index (Phi) is 6.12. The second-order valence-electron chi connectivity index (χ2n) is 6.74. The van der Waals surface area contributed by atoms with Crippen molar-refractivity contribution >= 4 is 5.84 Å². The lowest BCUT2D eigenvalue weighted by atomic mass is 10.0. The highest BCUT2D eigenvalue weighted by Crippen LogP contribution is 2.32. The van der Waals surface area contributed by atoms with E-state index >= 15 is 0 Å². The summed E-state index contributed by atoms with van der Waals surface area (Å²) in [4.78, 5) is 4.08. The first-order chi connectivity index (χ1) is 13.5. The van der Waals surface area contributed by atoms with Crippen LogP contribution in [0.2, 0.25) is 0 Å². The maximum Gasteiger partial charge on any atom is 0.130 e. The van der Waals surface area contributed by atoms with E-state index in [1.165, 1.54) is 0 Å². The summed E-state index contributed by atoms with van der Waals surface area (Å²) in [6.07, 6.45) is -0.143. The van der Waals surface area contributed by atoms with E-state index in [2.05, 4.69) is 17.1 Å². The summed E-state index contributed by atoms with van der Waals surface area (Å²) in [5.74, 6) is 2.10. The Morgan fingerprint density at radius 3 is 2.29 bits per heavy atom. The van der Waals surface area contributed by atoms with Crippen LogP contribution < -0.4 is 10.5 Å². The highest BCUT2D eigenvalue weighted by Gasteiger charge is 2.14. The summed E-state index contributed by atoms with van der Waals surface area (Å²) in [7, 11) is 3.41. The monoisotopic (exact) mass is 374 g/mol. The van der Waals surface area contributed by atoms with E-state index in [9.17, 15) is 0 Å². The van der Waals surface area contributed by atoms with Gasteiger partial charge in [0.25, 0.3) is 0 Å². The minimum Gasteiger partial charge on any atom is -0.457 e. The van der Waals surface area contributed by atoms with Gasteiger partial charge in [0.05, 0.1) is 0 Å². The van der Waals surface area contributed by atoms with Crippen LogP contribution in [0.4, 0.5) is 0 Å². The number of rotatable bonds is 6. The van der Waals surface area contributed by atoms with Crippen LogP contribution in [0.25, 0.3) is 0 Å². The van der Waals surface area contributed by atoms with Crippen molar-refractivity contribution in [3.8, 4) is 11.5 Å². The summed E-state index contributed by atoms with van der Waals surface area (Å²) in [6.45, 7) is 4.01. The van der Waals surface area contributed by atoms with Gasteiger partial charge in [0.1, 0.15) is 23.4 Å². The molecule has 2 N–H and O–H groups in total. The van der Waals surface area contributed by atoms with Crippen LogP contribution in [0.15, 0.2) is 71.7 Å². The van der Waals surface area contributed by atoms with Gasteiger partial charge in [-0.3, -0.25) is 4.99 Å². The standard InChI is InChI=1S/C24H26N2O2/c1-16-14-22(17(2)13-21(16)24(25)26-3)28-20-12-8-11-19(15-20)23(27-4)18-9-6-5-7-10-18/h5-15,23H,1-4H3,(H2,25,26). The van der Waals surface area contributed by atoms with Gasteiger partial charge in [-0.25, -0.2) is 0 Å². The number of methoxy groups -OCH3 is 1. The van der Waals surface area contributed by atoms with Crippen LogP contribution in [0, 0.1) is 13.8 Å². The van der Waals surface area contributed by atoms with Gasteiger partial charge in [-0.1, -0.05) is 42.5 Å². The summed E-state index contributed by atoms with van der Waals surface area (Å²) in [5.41, 5.74) is 11.1. The molecule has 28 heavy (non-hydrogen) atoms. The van der Waals surface area contributed by atoms with Gasteiger partial charge in [0.2, 0.25) is 0 Å². The van der Waals surface area contributed by atoms with Gasteiger partial charge < -0.3 is 15.2 Å². The molecular weight excluding hydrogens is 348 g/mol. The van der Waals surface area contributed by atoms with E-state index < -0.39 is 0 Å². The number of hydrogen-bond donors (Lipinski definition) is 1. The SMILES string of the molecule is CN=C(N)c1cc(C)c(Oc2cccc(C(OC)c3ccccc3)c2)cc1C. The second kappa shape index (κ2) is 8.72. The van der Waals surface area contributed by atoms with E-state index in [1.807, 2.05) is 68.4 Å². The molecule has 0 aliphatic rings. The fraction of sp³-hybridized carbons (Fsp3) is 0.208. The lowest BCUT2D eigenvalue weighted by molar-refractivity contribution is 0.136. The van der Waals surface area contributed by atoms with Crippen molar-refractivity contribution in [1.29, 1.82) is 0 Å². The fourth-order valence-corrected chi connectivity index (χ4v) is 3.26. The predicted octanol–water partition coefficient (Wildman–Crippen LogP) is 5.17. The summed E-state index contributed by atoms with van der Waals surface area (Å²) in [5, 5.41) is 0. The van der Waals surface area contributed by atoms with Crippen LogP contribution in [-0.4, -0.2) is 20.0 Å². The maximum atomic E-state index is 6.19. The second-order valence-corrected chi connectivity index (χ2v) is 6.74. The highest BCUT2D eigenvalue weighted by atomic mass is 16.5. The van der Waals surface area contributed by atoms with Crippen molar-refractivity contribution < 1.29 is 9.47 Å². The number of nitrogens with two attached hydrogens (primary N) is 1. The number of aliphatic imine (C=N–C) groups is 1. The molecule has 0 aromatic heterocycles. The summed E-state index contributed by atoms with van der Waals surface area (Å²) >= 11 is 0. The Morgan fingerprint density at radius 1 is 0.893 bits per heavy atom. The van der Waals surface area contributed by atoms with Crippen molar-refractivity contribution in [3.05, 3.63) is 94.5 Å². The third kappa shape index (κ3) is 4.24. The first-order valence-electron chi connectivity index (χ1n) is 9.23. The van der Waals surface area contributed by atoms with Crippen LogP contribution in [0.5, 0.6) is 11.5 Å². The smallest absolute Gasteiger partial charge is 0.130 e. The van der Waals surface area contributed by atoms with Crippen molar-refractivity contribution in [2.24, 2.45) is 10.7 Å². The van der Waals surface area contributed by atoms with Crippen molar-refractivity contribution in [3.63, 3.8) is 0 Å². The molecule has 0 aliphatic heterocycles. The average molecular weight is 374 g/mol. The summed E-state index contributed by atoms with van der Waals surface area (Å²) in [6, 6.07) is 22.2. The third-order valence-electron chi connectivity index (χ3n) is 4.77. The molecule has 4 nitrogen and oxygen atoms in total.